The van der Waals surface area contributed by atoms with E-state index in [1.54, 1.807) is 11.3 Å². The van der Waals surface area contributed by atoms with E-state index in [-0.39, 0.29) is 5.91 Å². The molecule has 0 atom stereocenters. The molecule has 4 rings (SSSR count). The highest BCUT2D eigenvalue weighted by molar-refractivity contribution is 7.22. The van der Waals surface area contributed by atoms with E-state index in [2.05, 4.69) is 11.8 Å². The van der Waals surface area contributed by atoms with Gasteiger partial charge in [-0.1, -0.05) is 46.7 Å². The van der Waals surface area contributed by atoms with Crippen molar-refractivity contribution in [2.24, 2.45) is 0 Å². The minimum Gasteiger partial charge on any atom is -0.345 e. The van der Waals surface area contributed by atoms with Gasteiger partial charge in [0.2, 0.25) is 0 Å². The highest BCUT2D eigenvalue weighted by atomic mass is 35.5. The predicted octanol–water partition coefficient (Wildman–Crippen LogP) is 4.53. The van der Waals surface area contributed by atoms with Crippen LogP contribution in [-0.4, -0.2) is 42.0 Å². The van der Waals surface area contributed by atoms with Gasteiger partial charge >= 0.3 is 0 Å². The lowest BCUT2D eigenvalue weighted by molar-refractivity contribution is 0.0746. The van der Waals surface area contributed by atoms with E-state index in [0.717, 1.165) is 50.2 Å². The molecular weight excluding hydrogens is 366 g/mol. The van der Waals surface area contributed by atoms with Crippen LogP contribution < -0.4 is 4.90 Å². The lowest BCUT2D eigenvalue weighted by atomic mass is 10.1. The summed E-state index contributed by atoms with van der Waals surface area (Å²) in [7, 11) is 0. The summed E-state index contributed by atoms with van der Waals surface area (Å²) < 4.78 is 1.04. The molecule has 6 heteroatoms. The number of rotatable bonds is 2. The third kappa shape index (κ3) is 3.17. The minimum absolute atomic E-state index is 0.108. The zero-order valence-electron chi connectivity index (χ0n) is 14.8. The highest BCUT2D eigenvalue weighted by Gasteiger charge is 2.24. The number of benzene rings is 2. The smallest absolute Gasteiger partial charge is 0.253 e. The molecule has 2 aromatic carbocycles. The lowest BCUT2D eigenvalue weighted by Crippen LogP contribution is -2.48. The van der Waals surface area contributed by atoms with Gasteiger partial charge in [0.25, 0.3) is 5.91 Å². The zero-order chi connectivity index (χ0) is 18.3. The Hall–Kier alpha value is -2.11. The van der Waals surface area contributed by atoms with Crippen molar-refractivity contribution in [2.75, 3.05) is 31.1 Å². The number of hydrogen-bond acceptors (Lipinski definition) is 4. The van der Waals surface area contributed by atoms with Gasteiger partial charge in [0.05, 0.1) is 15.2 Å². The number of carbonyl (C=O) groups excluding carboxylic acids is 1. The van der Waals surface area contributed by atoms with Crippen molar-refractivity contribution in [2.45, 2.75) is 13.8 Å². The summed E-state index contributed by atoms with van der Waals surface area (Å²) >= 11 is 7.96. The van der Waals surface area contributed by atoms with Crippen LogP contribution in [0.15, 0.2) is 36.4 Å². The van der Waals surface area contributed by atoms with Crippen LogP contribution in [0, 0.1) is 13.8 Å². The molecule has 0 bridgehead atoms. The summed E-state index contributed by atoms with van der Waals surface area (Å²) in [4.78, 5) is 21.7. The summed E-state index contributed by atoms with van der Waals surface area (Å²) in [5.74, 6) is 0.108. The molecule has 3 aromatic rings. The minimum atomic E-state index is 0.108. The van der Waals surface area contributed by atoms with Crippen molar-refractivity contribution in [3.8, 4) is 0 Å². The van der Waals surface area contributed by atoms with Crippen molar-refractivity contribution in [1.29, 1.82) is 0 Å². The van der Waals surface area contributed by atoms with Gasteiger partial charge in [-0.15, -0.1) is 0 Å². The normalized spacial score (nSPS) is 14.9. The number of thiazole rings is 1. The number of piperazine rings is 1. The first-order valence-corrected chi connectivity index (χ1v) is 9.89. The van der Waals surface area contributed by atoms with Crippen LogP contribution in [0.2, 0.25) is 5.02 Å². The molecule has 1 aliphatic heterocycles. The Morgan fingerprint density at radius 3 is 2.58 bits per heavy atom. The highest BCUT2D eigenvalue weighted by Crippen LogP contribution is 2.35. The van der Waals surface area contributed by atoms with Crippen LogP contribution in [0.5, 0.6) is 0 Å². The second-order valence-corrected chi connectivity index (χ2v) is 8.07. The Morgan fingerprint density at radius 1 is 1.12 bits per heavy atom. The monoisotopic (exact) mass is 385 g/mol. The van der Waals surface area contributed by atoms with Crippen molar-refractivity contribution in [3.63, 3.8) is 0 Å². The molecule has 1 fully saturated rings. The number of aromatic nitrogens is 1. The van der Waals surface area contributed by atoms with E-state index in [0.29, 0.717) is 13.1 Å². The van der Waals surface area contributed by atoms with E-state index in [1.807, 2.05) is 48.2 Å². The molecule has 0 saturated carbocycles. The fourth-order valence-electron chi connectivity index (χ4n) is 3.29. The van der Waals surface area contributed by atoms with Crippen LogP contribution in [0.3, 0.4) is 0 Å². The predicted molar refractivity (Wildman–Crippen MR) is 109 cm³/mol. The van der Waals surface area contributed by atoms with E-state index in [1.165, 1.54) is 0 Å². The van der Waals surface area contributed by atoms with Crippen molar-refractivity contribution in [1.82, 2.24) is 9.88 Å². The maximum Gasteiger partial charge on any atom is 0.253 e. The largest absolute Gasteiger partial charge is 0.345 e. The van der Waals surface area contributed by atoms with Crippen molar-refractivity contribution < 1.29 is 4.79 Å². The molecule has 1 aliphatic rings. The maximum atomic E-state index is 12.7. The van der Waals surface area contributed by atoms with Gasteiger partial charge in [-0.25, -0.2) is 4.98 Å². The summed E-state index contributed by atoms with van der Waals surface area (Å²) in [6, 6.07) is 11.7. The number of carbonyl (C=O) groups is 1. The van der Waals surface area contributed by atoms with Crippen LogP contribution in [0.4, 0.5) is 5.13 Å². The van der Waals surface area contributed by atoms with Crippen LogP contribution in [0.1, 0.15) is 21.5 Å². The molecule has 0 N–H and O–H groups in total. The van der Waals surface area contributed by atoms with Gasteiger partial charge in [0.1, 0.15) is 0 Å². The first-order chi connectivity index (χ1) is 12.5. The molecule has 2 heterocycles. The second-order valence-electron chi connectivity index (χ2n) is 6.69. The lowest BCUT2D eigenvalue weighted by Gasteiger charge is -2.34. The number of aryl methyl sites for hydroxylation is 2. The average Bonchev–Trinajstić information content (AvgIpc) is 3.11. The number of amides is 1. The van der Waals surface area contributed by atoms with E-state index in [9.17, 15) is 4.79 Å². The van der Waals surface area contributed by atoms with Gasteiger partial charge in [-0.2, -0.15) is 0 Å². The molecule has 1 saturated heterocycles. The van der Waals surface area contributed by atoms with Crippen LogP contribution in [0.25, 0.3) is 10.2 Å². The average molecular weight is 386 g/mol. The Balaban J connectivity index is 1.49. The fraction of sp³-hybridized carbons (Fsp3) is 0.300. The number of nitrogens with zero attached hydrogens (tertiary/aromatic N) is 3. The molecule has 26 heavy (non-hydrogen) atoms. The molecule has 0 radical (unpaired) electrons. The first-order valence-electron chi connectivity index (χ1n) is 8.69. The van der Waals surface area contributed by atoms with E-state index < -0.39 is 0 Å². The van der Waals surface area contributed by atoms with Gasteiger partial charge in [-0.3, -0.25) is 4.79 Å². The number of hydrogen-bond donors (Lipinski definition) is 0. The van der Waals surface area contributed by atoms with E-state index >= 15 is 0 Å². The molecule has 134 valence electrons. The van der Waals surface area contributed by atoms with E-state index in [4.69, 9.17) is 16.6 Å². The Kier molecular flexibility index (Phi) is 4.59. The number of fused-ring (bicyclic) bond motifs is 1. The molecule has 4 nitrogen and oxygen atoms in total. The van der Waals surface area contributed by atoms with Gasteiger partial charge in [0.15, 0.2) is 5.13 Å². The molecule has 0 spiro atoms. The Bertz CT molecular complexity index is 937. The van der Waals surface area contributed by atoms with Crippen LogP contribution >= 0.6 is 22.9 Å². The van der Waals surface area contributed by atoms with Crippen LogP contribution in [-0.2, 0) is 0 Å². The van der Waals surface area contributed by atoms with Gasteiger partial charge in [-0.05, 0) is 37.6 Å². The summed E-state index contributed by atoms with van der Waals surface area (Å²) in [6.45, 7) is 7.04. The molecular formula is C20H20ClN3OS. The topological polar surface area (TPSA) is 36.4 Å². The van der Waals surface area contributed by atoms with Crippen molar-refractivity contribution >= 4 is 44.2 Å². The summed E-state index contributed by atoms with van der Waals surface area (Å²) in [5, 5.41) is 1.74. The zero-order valence-corrected chi connectivity index (χ0v) is 16.4. The SMILES string of the molecule is Cc1cccc(C(=O)N2CCN(c3nc4c(C)ccc(Cl)c4s3)CC2)c1. The molecule has 1 aromatic heterocycles. The molecule has 0 unspecified atom stereocenters. The standard InChI is InChI=1S/C20H20ClN3OS/c1-13-4-3-5-15(12-13)19(25)23-8-10-24(11-9-23)20-22-17-14(2)6-7-16(21)18(17)26-20/h3-7,12H,8-11H2,1-2H3. The quantitative estimate of drug-likeness (QED) is 0.650. The molecule has 0 aliphatic carbocycles. The summed E-state index contributed by atoms with van der Waals surface area (Å²) in [6.07, 6.45) is 0. The number of halogens is 1. The molecule has 1 amide bonds. The van der Waals surface area contributed by atoms with Gasteiger partial charge < -0.3 is 9.80 Å². The fourth-order valence-corrected chi connectivity index (χ4v) is 4.66. The third-order valence-electron chi connectivity index (χ3n) is 4.79. The maximum absolute atomic E-state index is 12.7. The van der Waals surface area contributed by atoms with Crippen molar-refractivity contribution in [3.05, 3.63) is 58.1 Å². The number of anilines is 1. The second kappa shape index (κ2) is 6.89. The van der Waals surface area contributed by atoms with Gasteiger partial charge in [0, 0.05) is 31.7 Å². The Labute approximate surface area is 162 Å². The first kappa shape index (κ1) is 17.3. The summed E-state index contributed by atoms with van der Waals surface area (Å²) in [5.41, 5.74) is 3.99. The third-order valence-corrected chi connectivity index (χ3v) is 6.36. The Morgan fingerprint density at radius 2 is 1.88 bits per heavy atom.